The number of anilines is 1. The molecule has 0 aliphatic carbocycles. The molecule has 1 amide bonds. The maximum atomic E-state index is 11.4. The number of ether oxygens (including phenoxy) is 1. The van der Waals surface area contributed by atoms with E-state index in [-0.39, 0.29) is 0 Å². The molecule has 0 heterocycles. The molecule has 4 heteroatoms. The fraction of sp³-hybridized carbons (Fsp3) is 0.364. The number of methoxy groups -OCH3 is 1. The third kappa shape index (κ3) is 2.27. The van der Waals surface area contributed by atoms with Crippen LogP contribution in [0.3, 0.4) is 0 Å². The highest BCUT2D eigenvalue weighted by atomic mass is 16.7. The molecule has 0 saturated heterocycles. The SMILES string of the molecule is COC(=O)N(OC)c1c(C)cccc1C. The molecular weight excluding hydrogens is 194 g/mol. The highest BCUT2D eigenvalue weighted by Gasteiger charge is 2.19. The monoisotopic (exact) mass is 209 g/mol. The van der Waals surface area contributed by atoms with Gasteiger partial charge in [-0.1, -0.05) is 18.2 Å². The van der Waals surface area contributed by atoms with Crippen LogP contribution < -0.4 is 5.06 Å². The number of aryl methyl sites for hydroxylation is 2. The topological polar surface area (TPSA) is 38.8 Å². The van der Waals surface area contributed by atoms with Crippen LogP contribution in [-0.2, 0) is 9.57 Å². The number of para-hydroxylation sites is 1. The van der Waals surface area contributed by atoms with E-state index in [1.54, 1.807) is 0 Å². The van der Waals surface area contributed by atoms with E-state index < -0.39 is 6.09 Å². The Hall–Kier alpha value is -1.55. The maximum Gasteiger partial charge on any atom is 0.438 e. The minimum absolute atomic E-state index is 0.532. The third-order valence-electron chi connectivity index (χ3n) is 2.17. The molecule has 0 atom stereocenters. The minimum Gasteiger partial charge on any atom is -0.451 e. The van der Waals surface area contributed by atoms with Crippen molar-refractivity contribution in [2.24, 2.45) is 0 Å². The molecule has 0 unspecified atom stereocenters. The third-order valence-corrected chi connectivity index (χ3v) is 2.17. The zero-order valence-corrected chi connectivity index (χ0v) is 9.40. The van der Waals surface area contributed by atoms with Gasteiger partial charge in [0, 0.05) is 0 Å². The quantitative estimate of drug-likeness (QED) is 0.702. The van der Waals surface area contributed by atoms with Crippen LogP contribution >= 0.6 is 0 Å². The highest BCUT2D eigenvalue weighted by Crippen LogP contribution is 2.24. The van der Waals surface area contributed by atoms with Gasteiger partial charge in [0.1, 0.15) is 0 Å². The van der Waals surface area contributed by atoms with Crippen LogP contribution in [0.2, 0.25) is 0 Å². The number of rotatable bonds is 2. The Labute approximate surface area is 89.4 Å². The first-order valence-electron chi connectivity index (χ1n) is 4.60. The number of carbonyl (C=O) groups excluding carboxylic acids is 1. The van der Waals surface area contributed by atoms with Crippen LogP contribution in [0, 0.1) is 13.8 Å². The average molecular weight is 209 g/mol. The number of amides is 1. The predicted octanol–water partition coefficient (Wildman–Crippen LogP) is 2.44. The van der Waals surface area contributed by atoms with Gasteiger partial charge < -0.3 is 4.74 Å². The van der Waals surface area contributed by atoms with Crippen molar-refractivity contribution >= 4 is 11.8 Å². The molecule has 4 nitrogen and oxygen atoms in total. The standard InChI is InChI=1S/C11H15NO3/c1-8-6-5-7-9(2)10(8)12(15-4)11(13)14-3/h5-7H,1-4H3. The Morgan fingerprint density at radius 2 is 1.73 bits per heavy atom. The number of hydrogen-bond donors (Lipinski definition) is 0. The van der Waals surface area contributed by atoms with E-state index in [9.17, 15) is 4.79 Å². The summed E-state index contributed by atoms with van der Waals surface area (Å²) in [5.74, 6) is 0. The van der Waals surface area contributed by atoms with Gasteiger partial charge in [-0.15, -0.1) is 0 Å². The summed E-state index contributed by atoms with van der Waals surface area (Å²) in [5.41, 5.74) is 2.65. The molecule has 0 spiro atoms. The average Bonchev–Trinajstić information content (AvgIpc) is 2.22. The lowest BCUT2D eigenvalue weighted by atomic mass is 10.1. The molecule has 15 heavy (non-hydrogen) atoms. The van der Waals surface area contributed by atoms with E-state index in [4.69, 9.17) is 4.84 Å². The first-order chi connectivity index (χ1) is 7.11. The second-order valence-corrected chi connectivity index (χ2v) is 3.19. The van der Waals surface area contributed by atoms with Crippen LogP contribution in [0.5, 0.6) is 0 Å². The summed E-state index contributed by atoms with van der Waals surface area (Å²) in [5, 5.41) is 1.14. The summed E-state index contributed by atoms with van der Waals surface area (Å²) in [6.07, 6.45) is -0.532. The molecule has 0 radical (unpaired) electrons. The first kappa shape index (κ1) is 11.5. The Balaban J connectivity index is 3.17. The van der Waals surface area contributed by atoms with Gasteiger partial charge in [-0.25, -0.2) is 4.79 Å². The van der Waals surface area contributed by atoms with Gasteiger partial charge in [0.2, 0.25) is 0 Å². The molecule has 0 aliphatic rings. The van der Waals surface area contributed by atoms with Gasteiger partial charge in [0.05, 0.1) is 19.9 Å². The lowest BCUT2D eigenvalue weighted by Gasteiger charge is -2.21. The van der Waals surface area contributed by atoms with Gasteiger partial charge in [-0.3, -0.25) is 4.84 Å². The van der Waals surface area contributed by atoms with Crippen molar-refractivity contribution < 1.29 is 14.4 Å². The Morgan fingerprint density at radius 1 is 1.20 bits per heavy atom. The summed E-state index contributed by atoms with van der Waals surface area (Å²) in [6, 6.07) is 5.76. The summed E-state index contributed by atoms with van der Waals surface area (Å²) in [7, 11) is 2.75. The molecule has 0 saturated carbocycles. The summed E-state index contributed by atoms with van der Waals surface area (Å²) in [6.45, 7) is 3.83. The Bertz CT molecular complexity index is 343. The van der Waals surface area contributed by atoms with Crippen LogP contribution in [0.1, 0.15) is 11.1 Å². The molecule has 0 aliphatic heterocycles. The molecule has 0 N–H and O–H groups in total. The van der Waals surface area contributed by atoms with E-state index in [2.05, 4.69) is 4.74 Å². The Morgan fingerprint density at radius 3 is 2.13 bits per heavy atom. The number of nitrogens with zero attached hydrogens (tertiary/aromatic N) is 1. The van der Waals surface area contributed by atoms with Crippen LogP contribution in [0.25, 0.3) is 0 Å². The zero-order chi connectivity index (χ0) is 11.4. The van der Waals surface area contributed by atoms with Gasteiger partial charge in [0.25, 0.3) is 0 Å². The second kappa shape index (κ2) is 4.79. The van der Waals surface area contributed by atoms with Gasteiger partial charge in [0.15, 0.2) is 0 Å². The first-order valence-corrected chi connectivity index (χ1v) is 4.60. The predicted molar refractivity (Wildman–Crippen MR) is 57.8 cm³/mol. The summed E-state index contributed by atoms with van der Waals surface area (Å²) >= 11 is 0. The molecule has 1 aromatic rings. The van der Waals surface area contributed by atoms with Crippen molar-refractivity contribution in [2.75, 3.05) is 19.3 Å². The van der Waals surface area contributed by atoms with Gasteiger partial charge >= 0.3 is 6.09 Å². The van der Waals surface area contributed by atoms with E-state index in [1.165, 1.54) is 14.2 Å². The normalized spacial score (nSPS) is 9.87. The van der Waals surface area contributed by atoms with E-state index >= 15 is 0 Å². The van der Waals surface area contributed by atoms with Gasteiger partial charge in [-0.05, 0) is 25.0 Å². The van der Waals surface area contributed by atoms with Crippen molar-refractivity contribution in [3.63, 3.8) is 0 Å². The fourth-order valence-electron chi connectivity index (χ4n) is 1.47. The number of hydrogen-bond acceptors (Lipinski definition) is 3. The molecule has 82 valence electrons. The van der Waals surface area contributed by atoms with Crippen LogP contribution in [-0.4, -0.2) is 20.3 Å². The number of hydroxylamine groups is 1. The van der Waals surface area contributed by atoms with E-state index in [0.717, 1.165) is 21.9 Å². The second-order valence-electron chi connectivity index (χ2n) is 3.19. The van der Waals surface area contributed by atoms with Crippen LogP contribution in [0.4, 0.5) is 10.5 Å². The lowest BCUT2D eigenvalue weighted by Crippen LogP contribution is -2.30. The van der Waals surface area contributed by atoms with Crippen molar-refractivity contribution in [3.05, 3.63) is 29.3 Å². The highest BCUT2D eigenvalue weighted by molar-refractivity contribution is 5.87. The molecule has 0 aromatic heterocycles. The molecule has 0 bridgehead atoms. The fourth-order valence-corrected chi connectivity index (χ4v) is 1.47. The zero-order valence-electron chi connectivity index (χ0n) is 9.40. The van der Waals surface area contributed by atoms with Crippen LogP contribution in [0.15, 0.2) is 18.2 Å². The molecule has 0 fully saturated rings. The largest absolute Gasteiger partial charge is 0.451 e. The molecule has 1 aromatic carbocycles. The van der Waals surface area contributed by atoms with Crippen molar-refractivity contribution in [2.45, 2.75) is 13.8 Å². The van der Waals surface area contributed by atoms with Crippen molar-refractivity contribution in [3.8, 4) is 0 Å². The smallest absolute Gasteiger partial charge is 0.438 e. The molecular formula is C11H15NO3. The molecule has 1 rings (SSSR count). The van der Waals surface area contributed by atoms with E-state index in [0.29, 0.717) is 0 Å². The van der Waals surface area contributed by atoms with Gasteiger partial charge in [-0.2, -0.15) is 5.06 Å². The van der Waals surface area contributed by atoms with Crippen molar-refractivity contribution in [1.82, 2.24) is 0 Å². The summed E-state index contributed by atoms with van der Waals surface area (Å²) in [4.78, 5) is 16.4. The van der Waals surface area contributed by atoms with Crippen molar-refractivity contribution in [1.29, 1.82) is 0 Å². The number of carbonyl (C=O) groups is 1. The lowest BCUT2D eigenvalue weighted by molar-refractivity contribution is 0.115. The Kier molecular flexibility index (Phi) is 3.68. The van der Waals surface area contributed by atoms with E-state index in [1.807, 2.05) is 32.0 Å². The summed E-state index contributed by atoms with van der Waals surface area (Å²) < 4.78 is 4.63. The number of benzene rings is 1. The maximum absolute atomic E-state index is 11.4. The minimum atomic E-state index is -0.532.